The third-order valence-electron chi connectivity index (χ3n) is 4.06. The fourth-order valence-corrected chi connectivity index (χ4v) is 3.08. The van der Waals surface area contributed by atoms with Crippen molar-refractivity contribution in [1.82, 2.24) is 4.90 Å². The van der Waals surface area contributed by atoms with Gasteiger partial charge >= 0.3 is 0 Å². The van der Waals surface area contributed by atoms with Crippen LogP contribution in [0.25, 0.3) is 0 Å². The van der Waals surface area contributed by atoms with Crippen LogP contribution in [0.3, 0.4) is 0 Å². The van der Waals surface area contributed by atoms with E-state index in [-0.39, 0.29) is 5.82 Å². The van der Waals surface area contributed by atoms with Gasteiger partial charge in [0.1, 0.15) is 5.82 Å². The molecule has 2 fully saturated rings. The van der Waals surface area contributed by atoms with Crippen molar-refractivity contribution in [1.29, 1.82) is 0 Å². The molecule has 0 radical (unpaired) electrons. The first-order valence-electron chi connectivity index (χ1n) is 5.57. The van der Waals surface area contributed by atoms with E-state index in [1.54, 1.807) is 6.07 Å². The maximum absolute atomic E-state index is 13.5. The minimum atomic E-state index is -0.0536. The molecule has 3 rings (SSSR count). The van der Waals surface area contributed by atoms with E-state index in [9.17, 15) is 4.39 Å². The van der Waals surface area contributed by atoms with Crippen molar-refractivity contribution < 1.29 is 4.39 Å². The van der Waals surface area contributed by atoms with Crippen molar-refractivity contribution in [2.24, 2.45) is 5.92 Å². The van der Waals surface area contributed by atoms with E-state index in [0.29, 0.717) is 5.41 Å². The molecule has 0 unspecified atom stereocenters. The highest BCUT2D eigenvalue weighted by Crippen LogP contribution is 2.58. The Labute approximate surface area is 89.9 Å². The molecular weight excluding hydrogens is 189 g/mol. The van der Waals surface area contributed by atoms with Gasteiger partial charge in [-0.3, -0.25) is 0 Å². The van der Waals surface area contributed by atoms with Crippen molar-refractivity contribution in [2.75, 3.05) is 20.1 Å². The summed E-state index contributed by atoms with van der Waals surface area (Å²) in [4.78, 5) is 2.35. The number of hydrogen-bond acceptors (Lipinski definition) is 1. The molecule has 1 heterocycles. The number of hydrogen-bond donors (Lipinski definition) is 0. The van der Waals surface area contributed by atoms with Crippen LogP contribution >= 0.6 is 0 Å². The zero-order valence-electron chi connectivity index (χ0n) is 9.26. The third-order valence-corrected chi connectivity index (χ3v) is 4.06. The minimum absolute atomic E-state index is 0.0536. The molecule has 1 saturated heterocycles. The smallest absolute Gasteiger partial charge is 0.126 e. The zero-order valence-corrected chi connectivity index (χ0v) is 9.26. The summed E-state index contributed by atoms with van der Waals surface area (Å²) < 4.78 is 13.5. The number of nitrogens with zero attached hydrogens (tertiary/aromatic N) is 1. The molecule has 80 valence electrons. The Kier molecular flexibility index (Phi) is 1.76. The lowest BCUT2D eigenvalue weighted by Gasteiger charge is -2.16. The third kappa shape index (κ3) is 1.24. The maximum atomic E-state index is 13.5. The van der Waals surface area contributed by atoms with Gasteiger partial charge in [0, 0.05) is 18.5 Å². The predicted octanol–water partition coefficient (Wildman–Crippen LogP) is 2.34. The van der Waals surface area contributed by atoms with Crippen LogP contribution in [0, 0.1) is 18.7 Å². The molecule has 1 aromatic rings. The Bertz CT molecular complexity index is 415. The van der Waals surface area contributed by atoms with Crippen molar-refractivity contribution in [3.8, 4) is 0 Å². The van der Waals surface area contributed by atoms with E-state index in [4.69, 9.17) is 0 Å². The molecule has 2 aliphatic rings. The first kappa shape index (κ1) is 9.34. The molecule has 1 aromatic carbocycles. The lowest BCUT2D eigenvalue weighted by Crippen LogP contribution is -2.22. The number of likely N-dealkylation sites (tertiary alicyclic amines) is 1. The number of fused-ring (bicyclic) bond motifs is 1. The summed E-state index contributed by atoms with van der Waals surface area (Å²) in [5, 5.41) is 0. The van der Waals surface area contributed by atoms with Crippen LogP contribution in [0.4, 0.5) is 4.39 Å². The Morgan fingerprint density at radius 2 is 2.27 bits per heavy atom. The summed E-state index contributed by atoms with van der Waals surface area (Å²) in [5.41, 5.74) is 2.25. The van der Waals surface area contributed by atoms with Gasteiger partial charge in [-0.2, -0.15) is 0 Å². The Hall–Kier alpha value is -0.890. The number of rotatable bonds is 1. The lowest BCUT2D eigenvalue weighted by atomic mass is 9.94. The number of benzene rings is 1. The topological polar surface area (TPSA) is 3.24 Å². The molecule has 15 heavy (non-hydrogen) atoms. The van der Waals surface area contributed by atoms with Crippen LogP contribution in [0.1, 0.15) is 17.5 Å². The summed E-state index contributed by atoms with van der Waals surface area (Å²) in [6.45, 7) is 4.09. The van der Waals surface area contributed by atoms with Crippen molar-refractivity contribution in [2.45, 2.75) is 18.8 Å². The first-order chi connectivity index (χ1) is 7.12. The van der Waals surface area contributed by atoms with Crippen LogP contribution in [-0.4, -0.2) is 25.0 Å². The average molecular weight is 205 g/mol. The van der Waals surface area contributed by atoms with Crippen molar-refractivity contribution in [3.63, 3.8) is 0 Å². The number of piperidine rings is 1. The average Bonchev–Trinajstić information content (AvgIpc) is 2.75. The molecule has 0 aromatic heterocycles. The zero-order chi connectivity index (χ0) is 10.6. The van der Waals surface area contributed by atoms with E-state index in [1.165, 1.54) is 18.5 Å². The first-order valence-corrected chi connectivity index (χ1v) is 5.57. The van der Waals surface area contributed by atoms with Crippen LogP contribution in [-0.2, 0) is 5.41 Å². The van der Waals surface area contributed by atoms with Gasteiger partial charge in [-0.1, -0.05) is 12.1 Å². The molecule has 0 spiro atoms. The molecule has 2 heteroatoms. The van der Waals surface area contributed by atoms with Gasteiger partial charge in [-0.15, -0.1) is 0 Å². The molecule has 1 aliphatic heterocycles. The summed E-state index contributed by atoms with van der Waals surface area (Å²) in [6, 6.07) is 5.76. The molecule has 2 atom stereocenters. The largest absolute Gasteiger partial charge is 0.305 e. The molecule has 1 aliphatic carbocycles. The van der Waals surface area contributed by atoms with Crippen LogP contribution < -0.4 is 0 Å². The fourth-order valence-electron chi connectivity index (χ4n) is 3.08. The molecule has 1 nitrogen and oxygen atoms in total. The summed E-state index contributed by atoms with van der Waals surface area (Å²) in [5.74, 6) is 0.715. The van der Waals surface area contributed by atoms with E-state index >= 15 is 0 Å². The van der Waals surface area contributed by atoms with Gasteiger partial charge < -0.3 is 4.90 Å². The maximum Gasteiger partial charge on any atom is 0.126 e. The lowest BCUT2D eigenvalue weighted by molar-refractivity contribution is 0.363. The molecule has 0 bridgehead atoms. The van der Waals surface area contributed by atoms with Gasteiger partial charge in [0.25, 0.3) is 0 Å². The van der Waals surface area contributed by atoms with E-state index in [0.717, 1.165) is 18.0 Å². The molecule has 0 N–H and O–H groups in total. The van der Waals surface area contributed by atoms with Gasteiger partial charge in [0.05, 0.1) is 0 Å². The SMILES string of the molecule is Cc1ccc([C@@]23C[C@H]2CN(C)C3)cc1F. The predicted molar refractivity (Wildman–Crippen MR) is 58.4 cm³/mol. The van der Waals surface area contributed by atoms with Crippen LogP contribution in [0.2, 0.25) is 0 Å². The van der Waals surface area contributed by atoms with Crippen molar-refractivity contribution >= 4 is 0 Å². The minimum Gasteiger partial charge on any atom is -0.305 e. The quantitative estimate of drug-likeness (QED) is 0.680. The van der Waals surface area contributed by atoms with Gasteiger partial charge in [0.15, 0.2) is 0 Å². The Morgan fingerprint density at radius 1 is 1.47 bits per heavy atom. The van der Waals surface area contributed by atoms with E-state index in [2.05, 4.69) is 18.0 Å². The highest BCUT2D eigenvalue weighted by atomic mass is 19.1. The standard InChI is InChI=1S/C13H16FN/c1-9-3-4-10(5-12(9)14)13-6-11(13)7-15(2)8-13/h3-5,11H,6-8H2,1-2H3/t11-,13-/m0/s1. The molecule has 0 amide bonds. The molecular formula is C13H16FN. The Morgan fingerprint density at radius 3 is 2.87 bits per heavy atom. The molecule has 1 saturated carbocycles. The summed E-state index contributed by atoms with van der Waals surface area (Å²) in [7, 11) is 2.15. The highest BCUT2D eigenvalue weighted by Gasteiger charge is 2.59. The van der Waals surface area contributed by atoms with Crippen LogP contribution in [0.5, 0.6) is 0 Å². The summed E-state index contributed by atoms with van der Waals surface area (Å²) in [6.07, 6.45) is 1.25. The summed E-state index contributed by atoms with van der Waals surface area (Å²) >= 11 is 0. The highest BCUT2D eigenvalue weighted by molar-refractivity contribution is 5.38. The Balaban J connectivity index is 1.97. The van der Waals surface area contributed by atoms with Gasteiger partial charge in [-0.25, -0.2) is 4.39 Å². The second-order valence-electron chi connectivity index (χ2n) is 5.22. The normalized spacial score (nSPS) is 34.2. The van der Waals surface area contributed by atoms with Crippen LogP contribution in [0.15, 0.2) is 18.2 Å². The second-order valence-corrected chi connectivity index (χ2v) is 5.22. The van der Waals surface area contributed by atoms with Gasteiger partial charge in [-0.05, 0) is 43.5 Å². The van der Waals surface area contributed by atoms with Crippen molar-refractivity contribution in [3.05, 3.63) is 35.1 Å². The van der Waals surface area contributed by atoms with E-state index in [1.807, 2.05) is 13.0 Å². The van der Waals surface area contributed by atoms with Gasteiger partial charge in [0.2, 0.25) is 0 Å². The number of likely N-dealkylation sites (N-methyl/N-ethyl adjacent to an activating group) is 1. The monoisotopic (exact) mass is 205 g/mol. The second kappa shape index (κ2) is 2.82. The fraction of sp³-hybridized carbons (Fsp3) is 0.538. The number of aryl methyl sites for hydroxylation is 1. The van der Waals surface area contributed by atoms with E-state index < -0.39 is 0 Å². The number of halogens is 1.